The lowest BCUT2D eigenvalue weighted by Crippen LogP contribution is -2.43. The molecule has 1 unspecified atom stereocenters. The number of carbonyl (C=O) groups excluding carboxylic acids is 2. The highest BCUT2D eigenvalue weighted by molar-refractivity contribution is 6.02. The smallest absolute Gasteiger partial charge is 0.412 e. The number of anilines is 1. The summed E-state index contributed by atoms with van der Waals surface area (Å²) in [5.41, 5.74) is 4.37. The van der Waals surface area contributed by atoms with Gasteiger partial charge in [-0.15, -0.1) is 0 Å². The zero-order chi connectivity index (χ0) is 24.2. The third-order valence-corrected chi connectivity index (χ3v) is 5.57. The first-order valence-electron chi connectivity index (χ1n) is 10.6. The molecule has 0 saturated heterocycles. The Labute approximate surface area is 195 Å². The van der Waals surface area contributed by atoms with Crippen LogP contribution in [0.1, 0.15) is 27.4 Å². The van der Waals surface area contributed by atoms with Crippen molar-refractivity contribution in [3.8, 4) is 11.1 Å². The van der Waals surface area contributed by atoms with Crippen LogP contribution in [0, 0.1) is 0 Å². The van der Waals surface area contributed by atoms with Gasteiger partial charge in [-0.1, -0.05) is 48.5 Å². The van der Waals surface area contributed by atoms with E-state index < -0.39 is 24.0 Å². The second-order valence-corrected chi connectivity index (χ2v) is 7.84. The highest BCUT2D eigenvalue weighted by Gasteiger charge is 2.29. The number of nitrogens with one attached hydrogen (secondary N) is 2. The van der Waals surface area contributed by atoms with Crippen LogP contribution in [-0.2, 0) is 21.3 Å². The van der Waals surface area contributed by atoms with Crippen LogP contribution in [0.2, 0.25) is 0 Å². The van der Waals surface area contributed by atoms with Crippen molar-refractivity contribution in [1.82, 2.24) is 15.1 Å². The van der Waals surface area contributed by atoms with Gasteiger partial charge in [0.05, 0.1) is 6.61 Å². The molecule has 2 amide bonds. The fraction of sp³-hybridized carbons (Fsp3) is 0.250. The minimum Gasteiger partial charge on any atom is -0.480 e. The van der Waals surface area contributed by atoms with E-state index >= 15 is 0 Å². The Morgan fingerprint density at radius 3 is 2.29 bits per heavy atom. The quantitative estimate of drug-likeness (QED) is 0.467. The topological polar surface area (TPSA) is 132 Å². The molecule has 0 bridgehead atoms. The lowest BCUT2D eigenvalue weighted by molar-refractivity contribution is -0.140. The maximum absolute atomic E-state index is 12.6. The minimum absolute atomic E-state index is 0.00152. The number of aryl methyl sites for hydroxylation is 1. The van der Waals surface area contributed by atoms with Gasteiger partial charge in [0.25, 0.3) is 5.91 Å². The van der Waals surface area contributed by atoms with E-state index in [1.807, 2.05) is 48.5 Å². The van der Waals surface area contributed by atoms with Crippen molar-refractivity contribution in [2.24, 2.45) is 7.05 Å². The molecule has 0 fully saturated rings. The number of methoxy groups -OCH3 is 1. The number of aliphatic carboxylic acids is 1. The molecule has 0 spiro atoms. The molecule has 1 atom stereocenters. The lowest BCUT2D eigenvalue weighted by Gasteiger charge is -2.15. The van der Waals surface area contributed by atoms with Gasteiger partial charge in [0.1, 0.15) is 12.2 Å². The van der Waals surface area contributed by atoms with Crippen LogP contribution in [0.4, 0.5) is 10.6 Å². The van der Waals surface area contributed by atoms with Gasteiger partial charge in [-0.25, -0.2) is 9.59 Å². The minimum atomic E-state index is -1.25. The van der Waals surface area contributed by atoms with E-state index in [0.717, 1.165) is 22.3 Å². The molecule has 0 radical (unpaired) electrons. The molecule has 34 heavy (non-hydrogen) atoms. The zero-order valence-corrected chi connectivity index (χ0v) is 18.6. The molecule has 1 aliphatic rings. The van der Waals surface area contributed by atoms with E-state index in [9.17, 15) is 19.5 Å². The molecule has 3 N–H and O–H groups in total. The number of benzene rings is 2. The number of ether oxygens (including phenoxy) is 2. The molecule has 0 aliphatic heterocycles. The largest absolute Gasteiger partial charge is 0.480 e. The zero-order valence-electron chi connectivity index (χ0n) is 18.6. The van der Waals surface area contributed by atoms with Gasteiger partial charge in [0, 0.05) is 26.3 Å². The molecular formula is C24H24N4O6. The second kappa shape index (κ2) is 9.75. The lowest BCUT2D eigenvalue weighted by atomic mass is 9.98. The molecule has 4 rings (SSSR count). The van der Waals surface area contributed by atoms with Crippen molar-refractivity contribution in [3.05, 3.63) is 71.4 Å². The van der Waals surface area contributed by atoms with Crippen molar-refractivity contribution in [3.63, 3.8) is 0 Å². The summed E-state index contributed by atoms with van der Waals surface area (Å²) < 4.78 is 11.7. The summed E-state index contributed by atoms with van der Waals surface area (Å²) in [5.74, 6) is -2.12. The molecule has 176 valence electrons. The highest BCUT2D eigenvalue weighted by atomic mass is 16.5. The normalized spacial score (nSPS) is 13.0. The van der Waals surface area contributed by atoms with E-state index in [1.54, 1.807) is 7.05 Å². The molecule has 1 heterocycles. The molecule has 3 aromatic rings. The van der Waals surface area contributed by atoms with Gasteiger partial charge in [-0.2, -0.15) is 5.10 Å². The van der Waals surface area contributed by atoms with Crippen molar-refractivity contribution >= 4 is 23.8 Å². The first kappa shape index (κ1) is 23.0. The molecule has 0 saturated carbocycles. The molecule has 1 aliphatic carbocycles. The van der Waals surface area contributed by atoms with E-state index in [0.29, 0.717) is 0 Å². The Hall–Kier alpha value is -4.18. The summed E-state index contributed by atoms with van der Waals surface area (Å²) >= 11 is 0. The van der Waals surface area contributed by atoms with Crippen LogP contribution >= 0.6 is 0 Å². The van der Waals surface area contributed by atoms with Gasteiger partial charge in [0.2, 0.25) is 0 Å². The van der Waals surface area contributed by atoms with E-state index in [2.05, 4.69) is 15.7 Å². The first-order valence-corrected chi connectivity index (χ1v) is 10.6. The molecular weight excluding hydrogens is 440 g/mol. The van der Waals surface area contributed by atoms with Gasteiger partial charge in [0.15, 0.2) is 11.9 Å². The Balaban J connectivity index is 1.45. The maximum atomic E-state index is 12.6. The predicted molar refractivity (Wildman–Crippen MR) is 123 cm³/mol. The standard InChI is InChI=1S/C24H24N4O6/c1-28-11-18(22(29)25-20(13-33-2)23(30)31)21(27-28)26-24(32)34-12-19-16-9-5-3-7-14(16)15-8-4-6-10-17(15)19/h3-11,19-20H,12-13H2,1-2H3,(H,25,29)(H,30,31)(H,26,27,32). The fourth-order valence-electron chi connectivity index (χ4n) is 4.06. The number of rotatable bonds is 8. The number of carboxylic acids is 1. The van der Waals surface area contributed by atoms with Crippen molar-refractivity contribution < 1.29 is 29.0 Å². The fourth-order valence-corrected chi connectivity index (χ4v) is 4.06. The van der Waals surface area contributed by atoms with Crippen LogP contribution in [0.25, 0.3) is 11.1 Å². The van der Waals surface area contributed by atoms with E-state index in [1.165, 1.54) is 18.0 Å². The highest BCUT2D eigenvalue weighted by Crippen LogP contribution is 2.44. The van der Waals surface area contributed by atoms with Gasteiger partial charge in [-0.3, -0.25) is 14.8 Å². The number of hydrogen-bond donors (Lipinski definition) is 3. The third-order valence-electron chi connectivity index (χ3n) is 5.57. The van der Waals surface area contributed by atoms with Crippen molar-refractivity contribution in [2.45, 2.75) is 12.0 Å². The molecule has 10 nitrogen and oxygen atoms in total. The second-order valence-electron chi connectivity index (χ2n) is 7.84. The number of carbonyl (C=O) groups is 3. The summed E-state index contributed by atoms with van der Waals surface area (Å²) in [6.45, 7) is -0.111. The van der Waals surface area contributed by atoms with E-state index in [-0.39, 0.29) is 30.5 Å². The van der Waals surface area contributed by atoms with Crippen LogP contribution in [0.5, 0.6) is 0 Å². The molecule has 2 aromatic carbocycles. The Bertz CT molecular complexity index is 1190. The Kier molecular flexibility index (Phi) is 6.60. The average molecular weight is 464 g/mol. The monoisotopic (exact) mass is 464 g/mol. The Morgan fingerprint density at radius 2 is 1.71 bits per heavy atom. The number of nitrogens with zero attached hydrogens (tertiary/aromatic N) is 2. The number of fused-ring (bicyclic) bond motifs is 3. The van der Waals surface area contributed by atoms with Gasteiger partial charge < -0.3 is 19.9 Å². The van der Waals surface area contributed by atoms with Crippen LogP contribution in [0.15, 0.2) is 54.7 Å². The summed E-state index contributed by atoms with van der Waals surface area (Å²) in [6, 6.07) is 14.7. The predicted octanol–water partition coefficient (Wildman–Crippen LogP) is 2.61. The SMILES string of the molecule is COCC(NC(=O)c1cn(C)nc1NC(=O)OCC1c2ccccc2-c2ccccc21)C(=O)O. The number of aromatic nitrogens is 2. The van der Waals surface area contributed by atoms with Crippen molar-refractivity contribution in [2.75, 3.05) is 25.6 Å². The summed E-state index contributed by atoms with van der Waals surface area (Å²) in [6.07, 6.45) is 0.599. The Morgan fingerprint density at radius 1 is 1.09 bits per heavy atom. The van der Waals surface area contributed by atoms with Gasteiger partial charge >= 0.3 is 12.1 Å². The number of hydrogen-bond acceptors (Lipinski definition) is 6. The van der Waals surface area contributed by atoms with Crippen LogP contribution in [-0.4, -0.2) is 59.2 Å². The maximum Gasteiger partial charge on any atom is 0.412 e. The summed E-state index contributed by atoms with van der Waals surface area (Å²) in [5, 5.41) is 18.2. The molecule has 10 heteroatoms. The summed E-state index contributed by atoms with van der Waals surface area (Å²) in [4.78, 5) is 36.5. The molecule has 1 aromatic heterocycles. The average Bonchev–Trinajstić information content (AvgIpc) is 3.34. The first-order chi connectivity index (χ1) is 16.4. The van der Waals surface area contributed by atoms with Crippen molar-refractivity contribution in [1.29, 1.82) is 0 Å². The van der Waals surface area contributed by atoms with E-state index in [4.69, 9.17) is 9.47 Å². The van der Waals surface area contributed by atoms with Gasteiger partial charge in [-0.05, 0) is 22.3 Å². The summed E-state index contributed by atoms with van der Waals surface area (Å²) in [7, 11) is 2.90. The third kappa shape index (κ3) is 4.62. The number of carboxylic acid groups (broad SMARTS) is 1. The van der Waals surface area contributed by atoms with Crippen LogP contribution in [0.3, 0.4) is 0 Å². The van der Waals surface area contributed by atoms with Crippen LogP contribution < -0.4 is 10.6 Å². The number of amides is 2.